The number of nitrogens with zero attached hydrogens (tertiary/aromatic N) is 8. The molecular formula is C23H30N9O7+. The van der Waals surface area contributed by atoms with Gasteiger partial charge in [-0.15, -0.1) is 5.11 Å². The molecule has 0 radical (unpaired) electrons. The fourth-order valence-electron chi connectivity index (χ4n) is 5.84. The van der Waals surface area contributed by atoms with E-state index in [-0.39, 0.29) is 11.5 Å². The molecule has 1 atom stereocenters. The quantitative estimate of drug-likeness (QED) is 0.275. The first kappa shape index (κ1) is 25.4. The van der Waals surface area contributed by atoms with Gasteiger partial charge in [-0.25, -0.2) is 9.58 Å². The molecule has 6 aliphatic rings. The number of hydrogen-bond acceptors (Lipinski definition) is 13. The number of nitro groups is 2. The van der Waals surface area contributed by atoms with Crippen LogP contribution in [0.15, 0.2) is 57.2 Å². The van der Waals surface area contributed by atoms with Crippen LogP contribution in [-0.2, 0) is 14.2 Å². The lowest BCUT2D eigenvalue weighted by Crippen LogP contribution is -2.55. The second-order valence-corrected chi connectivity index (χ2v) is 9.75. The number of nitrogens with one attached hydrogen (secondary N) is 1. The predicted octanol–water partition coefficient (Wildman–Crippen LogP) is -0.292. The van der Waals surface area contributed by atoms with Gasteiger partial charge in [0, 0.05) is 49.7 Å². The second kappa shape index (κ2) is 10.7. The molecule has 16 nitrogen and oxygen atoms in total. The molecule has 5 aliphatic heterocycles. The Labute approximate surface area is 223 Å². The molecule has 0 amide bonds. The van der Waals surface area contributed by atoms with Gasteiger partial charge in [0.2, 0.25) is 5.71 Å². The van der Waals surface area contributed by atoms with E-state index in [1.807, 2.05) is 0 Å². The summed E-state index contributed by atoms with van der Waals surface area (Å²) in [5.74, 6) is -0.608. The zero-order chi connectivity index (χ0) is 26.9. The maximum atomic E-state index is 12.5. The van der Waals surface area contributed by atoms with E-state index in [2.05, 4.69) is 42.4 Å². The number of ether oxygens (including phenoxy) is 3. The second-order valence-electron chi connectivity index (χ2n) is 9.75. The summed E-state index contributed by atoms with van der Waals surface area (Å²) in [6, 6.07) is -0.955. The Bertz CT molecular complexity index is 1180. The number of allylic oxidation sites excluding steroid dienone is 3. The molecule has 39 heavy (non-hydrogen) atoms. The monoisotopic (exact) mass is 544 g/mol. The zero-order valence-corrected chi connectivity index (χ0v) is 21.3. The minimum absolute atomic E-state index is 0.0544. The maximum Gasteiger partial charge on any atom is 0.321 e. The van der Waals surface area contributed by atoms with Crippen LogP contribution in [-0.4, -0.2) is 120 Å². The topological polar surface area (TPSA) is 163 Å². The normalized spacial score (nSPS) is 27.6. The number of morpholine rings is 3. The summed E-state index contributed by atoms with van der Waals surface area (Å²) in [6.45, 7) is 7.26. The largest absolute Gasteiger partial charge is 0.378 e. The number of rotatable bonds is 5. The van der Waals surface area contributed by atoms with Crippen LogP contribution in [0.4, 0.5) is 0 Å². The Morgan fingerprint density at radius 3 is 1.95 bits per heavy atom. The molecule has 3 fully saturated rings. The first-order valence-electron chi connectivity index (χ1n) is 13.0. The van der Waals surface area contributed by atoms with E-state index < -0.39 is 27.5 Å². The van der Waals surface area contributed by atoms with E-state index in [0.29, 0.717) is 65.8 Å². The number of fused-ring (bicyclic) bond motifs is 1. The van der Waals surface area contributed by atoms with Crippen molar-refractivity contribution in [2.24, 2.45) is 16.3 Å². The van der Waals surface area contributed by atoms with Gasteiger partial charge in [-0.1, -0.05) is 5.22 Å². The number of hydrogen-bond donors (Lipinski definition) is 1. The van der Waals surface area contributed by atoms with Crippen molar-refractivity contribution in [3.05, 3.63) is 67.1 Å². The summed E-state index contributed by atoms with van der Waals surface area (Å²) < 4.78 is 19.1. The molecule has 3 saturated heterocycles. The lowest BCUT2D eigenvalue weighted by molar-refractivity contribution is -0.548. The summed E-state index contributed by atoms with van der Waals surface area (Å²) >= 11 is 0. The Morgan fingerprint density at radius 2 is 1.41 bits per heavy atom. The molecule has 208 valence electrons. The van der Waals surface area contributed by atoms with Crippen molar-refractivity contribution in [3.8, 4) is 0 Å². The van der Waals surface area contributed by atoms with Crippen molar-refractivity contribution in [2.75, 3.05) is 78.9 Å². The summed E-state index contributed by atoms with van der Waals surface area (Å²) in [6.07, 6.45) is 5.22. The molecule has 0 saturated carbocycles. The molecule has 16 heteroatoms. The van der Waals surface area contributed by atoms with Crippen LogP contribution in [0, 0.1) is 26.1 Å². The minimum atomic E-state index is -0.955. The van der Waals surface area contributed by atoms with Crippen LogP contribution < -0.4 is 5.53 Å². The van der Waals surface area contributed by atoms with Crippen molar-refractivity contribution >= 4 is 5.71 Å². The third kappa shape index (κ3) is 4.74. The average Bonchev–Trinajstić information content (AvgIpc) is 3.47. The Morgan fingerprint density at radius 1 is 0.846 bits per heavy atom. The van der Waals surface area contributed by atoms with E-state index >= 15 is 0 Å². The highest BCUT2D eigenvalue weighted by Gasteiger charge is 2.52. The van der Waals surface area contributed by atoms with Crippen molar-refractivity contribution in [3.63, 3.8) is 0 Å². The molecule has 0 spiro atoms. The average molecular weight is 545 g/mol. The van der Waals surface area contributed by atoms with Crippen LogP contribution in [0.25, 0.3) is 0 Å². The summed E-state index contributed by atoms with van der Waals surface area (Å²) in [4.78, 5) is 27.5. The van der Waals surface area contributed by atoms with E-state index in [4.69, 9.17) is 14.2 Å². The fraction of sp³-hybridized carbons (Fsp3) is 0.609. The zero-order valence-electron chi connectivity index (χ0n) is 21.3. The highest BCUT2D eigenvalue weighted by Crippen LogP contribution is 2.42. The van der Waals surface area contributed by atoms with Gasteiger partial charge in [0.15, 0.2) is 19.1 Å². The first-order chi connectivity index (χ1) is 19.0. The van der Waals surface area contributed by atoms with E-state index in [1.165, 1.54) is 5.01 Å². The van der Waals surface area contributed by atoms with Crippen molar-refractivity contribution in [1.82, 2.24) is 20.3 Å². The molecule has 5 heterocycles. The Hall–Kier alpha value is -3.89. The van der Waals surface area contributed by atoms with E-state index in [9.17, 15) is 20.2 Å². The van der Waals surface area contributed by atoms with Gasteiger partial charge in [-0.2, -0.15) is 5.53 Å². The SMILES string of the molecule is O=[N+]([O-])C1=CC([N+](=O)[O-])=C2N=NNN2C1C1C(N2CCOCC2)=CC(=[N+]2CCOCC2)C=C1N1CCOCC1. The lowest BCUT2D eigenvalue weighted by Gasteiger charge is -2.45. The van der Waals surface area contributed by atoms with Crippen LogP contribution in [0.1, 0.15) is 0 Å². The highest BCUT2D eigenvalue weighted by atomic mass is 16.6. The number of hydrazine groups is 1. The maximum absolute atomic E-state index is 12.5. The highest BCUT2D eigenvalue weighted by molar-refractivity contribution is 6.02. The molecule has 1 N–H and O–H groups in total. The van der Waals surface area contributed by atoms with Gasteiger partial charge in [-0.05, 0) is 0 Å². The third-order valence-corrected chi connectivity index (χ3v) is 7.70. The van der Waals surface area contributed by atoms with Crippen molar-refractivity contribution in [2.45, 2.75) is 6.04 Å². The molecule has 0 aromatic carbocycles. The summed E-state index contributed by atoms with van der Waals surface area (Å²) in [5, 5.41) is 33.4. The molecule has 0 aromatic heterocycles. The lowest BCUT2D eigenvalue weighted by atomic mass is 9.82. The molecule has 6 rings (SSSR count). The summed E-state index contributed by atoms with van der Waals surface area (Å²) in [5.41, 5.74) is 4.71. The smallest absolute Gasteiger partial charge is 0.321 e. The Kier molecular flexibility index (Phi) is 6.97. The van der Waals surface area contributed by atoms with Crippen LogP contribution in [0.3, 0.4) is 0 Å². The first-order valence-corrected chi connectivity index (χ1v) is 13.0. The third-order valence-electron chi connectivity index (χ3n) is 7.70. The minimum Gasteiger partial charge on any atom is -0.378 e. The van der Waals surface area contributed by atoms with E-state index in [1.54, 1.807) is 0 Å². The molecule has 1 aliphatic carbocycles. The van der Waals surface area contributed by atoms with Crippen LogP contribution in [0.2, 0.25) is 0 Å². The van der Waals surface area contributed by atoms with Gasteiger partial charge in [0.1, 0.15) is 13.2 Å². The van der Waals surface area contributed by atoms with Crippen molar-refractivity contribution in [1.29, 1.82) is 0 Å². The van der Waals surface area contributed by atoms with E-state index in [0.717, 1.165) is 36.3 Å². The molecule has 1 unspecified atom stereocenters. The fourth-order valence-corrected chi connectivity index (χ4v) is 5.84. The van der Waals surface area contributed by atoms with Crippen molar-refractivity contribution < 1.29 is 28.6 Å². The van der Waals surface area contributed by atoms with Gasteiger partial charge >= 0.3 is 5.70 Å². The Balaban J connectivity index is 1.52. The van der Waals surface area contributed by atoms with Crippen LogP contribution in [0.5, 0.6) is 0 Å². The summed E-state index contributed by atoms with van der Waals surface area (Å²) in [7, 11) is 0. The van der Waals surface area contributed by atoms with Crippen LogP contribution >= 0.6 is 0 Å². The standard InChI is InChI=1S/C23H30N9O7/c33-31(34)19-15-20(32(35)36)23-24-25-26-30(23)22(19)21-17(28-3-9-38-10-4-28)13-16(27-1-7-37-8-2-27)14-18(21)29-5-11-39-12-6-29/h13-15,21-22H,1-12H2,(H,24,26)/q+1. The molecule has 0 aromatic rings. The van der Waals surface area contributed by atoms with Gasteiger partial charge in [-0.3, -0.25) is 20.2 Å². The predicted molar refractivity (Wildman–Crippen MR) is 133 cm³/mol. The van der Waals surface area contributed by atoms with Gasteiger partial charge < -0.3 is 24.0 Å². The van der Waals surface area contributed by atoms with Gasteiger partial charge in [0.25, 0.3) is 11.5 Å². The molecular weight excluding hydrogens is 514 g/mol. The van der Waals surface area contributed by atoms with Gasteiger partial charge in [0.05, 0.1) is 48.3 Å². The molecule has 0 bridgehead atoms.